The average molecular weight is 273 g/mol. The molecular formula is C13H15N5O2. The topological polar surface area (TPSA) is 93.8 Å². The fourth-order valence-electron chi connectivity index (χ4n) is 1.86. The summed E-state index contributed by atoms with van der Waals surface area (Å²) in [6, 6.07) is 3.83. The zero-order valence-corrected chi connectivity index (χ0v) is 11.3. The lowest BCUT2D eigenvalue weighted by atomic mass is 10.1. The van der Waals surface area contributed by atoms with E-state index >= 15 is 0 Å². The van der Waals surface area contributed by atoms with Crippen molar-refractivity contribution in [2.75, 3.05) is 12.4 Å². The van der Waals surface area contributed by atoms with Crippen LogP contribution in [0.15, 0.2) is 24.7 Å². The molecule has 0 aromatic carbocycles. The monoisotopic (exact) mass is 273 g/mol. The lowest BCUT2D eigenvalue weighted by Crippen LogP contribution is -2.06. The van der Waals surface area contributed by atoms with Crippen LogP contribution in [0.5, 0.6) is 0 Å². The van der Waals surface area contributed by atoms with Crippen LogP contribution in [0.1, 0.15) is 23.9 Å². The van der Waals surface area contributed by atoms with E-state index in [-0.39, 0.29) is 11.5 Å². The molecule has 7 nitrogen and oxygen atoms in total. The Hall–Kier alpha value is -2.57. The Kier molecular flexibility index (Phi) is 4.19. The Labute approximate surface area is 116 Å². The molecule has 0 radical (unpaired) electrons. The van der Waals surface area contributed by atoms with Gasteiger partial charge in [0.15, 0.2) is 0 Å². The highest BCUT2D eigenvalue weighted by Gasteiger charge is 2.22. The van der Waals surface area contributed by atoms with Gasteiger partial charge in [0.2, 0.25) is 5.82 Å². The Morgan fingerprint density at radius 2 is 2.10 bits per heavy atom. The van der Waals surface area contributed by atoms with Crippen molar-refractivity contribution < 1.29 is 4.92 Å². The molecule has 20 heavy (non-hydrogen) atoms. The van der Waals surface area contributed by atoms with Crippen LogP contribution < -0.4 is 5.32 Å². The Morgan fingerprint density at radius 1 is 1.30 bits per heavy atom. The van der Waals surface area contributed by atoms with E-state index in [4.69, 9.17) is 0 Å². The molecule has 104 valence electrons. The lowest BCUT2D eigenvalue weighted by Gasteiger charge is -2.06. The van der Waals surface area contributed by atoms with Crippen molar-refractivity contribution in [3.8, 4) is 0 Å². The molecule has 0 amide bonds. The van der Waals surface area contributed by atoms with Gasteiger partial charge in [-0.1, -0.05) is 13.0 Å². The Bertz CT molecular complexity index is 613. The van der Waals surface area contributed by atoms with Crippen molar-refractivity contribution >= 4 is 11.5 Å². The molecule has 0 saturated heterocycles. The summed E-state index contributed by atoms with van der Waals surface area (Å²) in [6.07, 6.45) is 4.30. The third-order valence-electron chi connectivity index (χ3n) is 2.96. The predicted octanol–water partition coefficient (Wildman–Crippen LogP) is 1.97. The van der Waals surface area contributed by atoms with Crippen LogP contribution in [0.3, 0.4) is 0 Å². The van der Waals surface area contributed by atoms with Gasteiger partial charge in [0, 0.05) is 25.4 Å². The molecule has 2 rings (SSSR count). The third kappa shape index (κ3) is 2.87. The summed E-state index contributed by atoms with van der Waals surface area (Å²) in [7, 11) is 1.59. The number of aryl methyl sites for hydroxylation is 1. The molecular weight excluding hydrogens is 258 g/mol. The van der Waals surface area contributed by atoms with Crippen LogP contribution in [0.2, 0.25) is 0 Å². The average Bonchev–Trinajstić information content (AvgIpc) is 2.47. The number of anilines is 1. The summed E-state index contributed by atoms with van der Waals surface area (Å²) in [5.74, 6) is 0.213. The number of hydrogen-bond donors (Lipinski definition) is 1. The van der Waals surface area contributed by atoms with Gasteiger partial charge >= 0.3 is 5.69 Å². The number of aromatic nitrogens is 3. The summed E-state index contributed by atoms with van der Waals surface area (Å²) in [5.41, 5.74) is 2.12. The fraction of sp³-hybridized carbons (Fsp3) is 0.308. The van der Waals surface area contributed by atoms with Crippen molar-refractivity contribution in [3.05, 3.63) is 51.7 Å². The molecule has 0 spiro atoms. The summed E-state index contributed by atoms with van der Waals surface area (Å²) < 4.78 is 0. The minimum Gasteiger partial charge on any atom is -0.367 e. The quantitative estimate of drug-likeness (QED) is 0.661. The van der Waals surface area contributed by atoms with Crippen LogP contribution in [-0.4, -0.2) is 26.9 Å². The van der Waals surface area contributed by atoms with Crippen molar-refractivity contribution in [3.63, 3.8) is 0 Å². The van der Waals surface area contributed by atoms with Crippen molar-refractivity contribution in [2.24, 2.45) is 0 Å². The molecule has 0 bridgehead atoms. The molecule has 0 aliphatic heterocycles. The number of hydrogen-bond acceptors (Lipinski definition) is 6. The first-order valence-corrected chi connectivity index (χ1v) is 6.25. The Balaban J connectivity index is 2.34. The second-order valence-corrected chi connectivity index (χ2v) is 4.21. The van der Waals surface area contributed by atoms with Crippen molar-refractivity contribution in [1.29, 1.82) is 0 Å². The van der Waals surface area contributed by atoms with E-state index in [1.807, 2.05) is 19.1 Å². The molecule has 2 aromatic rings. The largest absolute Gasteiger partial charge is 0.367 e. The summed E-state index contributed by atoms with van der Waals surface area (Å²) in [4.78, 5) is 22.9. The maximum absolute atomic E-state index is 11.2. The van der Waals surface area contributed by atoms with Gasteiger partial charge in [-0.05, 0) is 18.1 Å². The van der Waals surface area contributed by atoms with E-state index in [9.17, 15) is 10.1 Å². The van der Waals surface area contributed by atoms with Gasteiger partial charge in [-0.3, -0.25) is 15.1 Å². The molecule has 2 aromatic heterocycles. The third-order valence-corrected chi connectivity index (χ3v) is 2.96. The summed E-state index contributed by atoms with van der Waals surface area (Å²) in [5, 5.41) is 13.9. The molecule has 1 N–H and O–H groups in total. The van der Waals surface area contributed by atoms with Gasteiger partial charge in [0.25, 0.3) is 0 Å². The van der Waals surface area contributed by atoms with Gasteiger partial charge in [0.05, 0.1) is 4.92 Å². The van der Waals surface area contributed by atoms with E-state index in [2.05, 4.69) is 20.3 Å². The van der Waals surface area contributed by atoms with Gasteiger partial charge in [0.1, 0.15) is 12.0 Å². The minimum absolute atomic E-state index is 0.101. The van der Waals surface area contributed by atoms with Crippen LogP contribution >= 0.6 is 0 Å². The van der Waals surface area contributed by atoms with Crippen molar-refractivity contribution in [1.82, 2.24) is 15.0 Å². The van der Waals surface area contributed by atoms with E-state index < -0.39 is 4.92 Å². The highest BCUT2D eigenvalue weighted by atomic mass is 16.6. The molecule has 0 aliphatic rings. The van der Waals surface area contributed by atoms with Crippen LogP contribution in [0, 0.1) is 10.1 Å². The highest BCUT2D eigenvalue weighted by Crippen LogP contribution is 2.25. The first-order chi connectivity index (χ1) is 9.65. The maximum Gasteiger partial charge on any atom is 0.333 e. The molecule has 0 saturated carbocycles. The van der Waals surface area contributed by atoms with E-state index in [0.717, 1.165) is 17.7 Å². The van der Waals surface area contributed by atoms with Crippen LogP contribution in [0.25, 0.3) is 0 Å². The predicted molar refractivity (Wildman–Crippen MR) is 74.7 cm³/mol. The molecule has 0 unspecified atom stereocenters. The van der Waals surface area contributed by atoms with Gasteiger partial charge in [-0.15, -0.1) is 0 Å². The van der Waals surface area contributed by atoms with Gasteiger partial charge in [-0.2, -0.15) is 0 Å². The number of pyridine rings is 1. The van der Waals surface area contributed by atoms with E-state index in [1.54, 1.807) is 13.2 Å². The molecule has 7 heteroatoms. The highest BCUT2D eigenvalue weighted by molar-refractivity contribution is 5.58. The number of nitrogens with zero attached hydrogens (tertiary/aromatic N) is 4. The first kappa shape index (κ1) is 13.9. The zero-order chi connectivity index (χ0) is 14.5. The van der Waals surface area contributed by atoms with Crippen LogP contribution in [-0.2, 0) is 12.8 Å². The minimum atomic E-state index is -0.471. The van der Waals surface area contributed by atoms with Gasteiger partial charge < -0.3 is 5.32 Å². The smallest absolute Gasteiger partial charge is 0.333 e. The summed E-state index contributed by atoms with van der Waals surface area (Å²) in [6.45, 7) is 2.05. The molecule has 2 heterocycles. The molecule has 0 fully saturated rings. The maximum atomic E-state index is 11.2. The number of rotatable bonds is 5. The number of nitrogens with one attached hydrogen (secondary N) is 1. The SMILES string of the molecule is CCc1ccc(Cc2ncnc(NC)c2[N+](=O)[O-])nc1. The van der Waals surface area contributed by atoms with Crippen molar-refractivity contribution in [2.45, 2.75) is 19.8 Å². The first-order valence-electron chi connectivity index (χ1n) is 6.25. The summed E-state index contributed by atoms with van der Waals surface area (Å²) >= 11 is 0. The normalized spacial score (nSPS) is 10.3. The number of nitro groups is 1. The second-order valence-electron chi connectivity index (χ2n) is 4.21. The fourth-order valence-corrected chi connectivity index (χ4v) is 1.86. The second kappa shape index (κ2) is 6.05. The Morgan fingerprint density at radius 3 is 2.65 bits per heavy atom. The lowest BCUT2D eigenvalue weighted by molar-refractivity contribution is -0.385. The van der Waals surface area contributed by atoms with E-state index in [1.165, 1.54) is 6.33 Å². The standard InChI is InChI=1S/C13H15N5O2/c1-3-9-4-5-10(15-7-9)6-11-12(18(19)20)13(14-2)17-8-16-11/h4-5,7-8H,3,6H2,1-2H3,(H,14,16,17). The zero-order valence-electron chi connectivity index (χ0n) is 11.3. The van der Waals surface area contributed by atoms with Crippen LogP contribution in [0.4, 0.5) is 11.5 Å². The molecule has 0 atom stereocenters. The van der Waals surface area contributed by atoms with Gasteiger partial charge in [-0.25, -0.2) is 9.97 Å². The van der Waals surface area contributed by atoms with E-state index in [0.29, 0.717) is 12.1 Å². The molecule has 0 aliphatic carbocycles.